The lowest BCUT2D eigenvalue weighted by molar-refractivity contribution is 0.500. The van der Waals surface area contributed by atoms with Crippen molar-refractivity contribution in [2.24, 2.45) is 13.0 Å². The Labute approximate surface area is 97.8 Å². The average Bonchev–Trinajstić information content (AvgIpc) is 2.62. The highest BCUT2D eigenvalue weighted by Gasteiger charge is 2.35. The molecule has 1 aliphatic carbocycles. The van der Waals surface area contributed by atoms with E-state index < -0.39 is 0 Å². The van der Waals surface area contributed by atoms with Crippen LogP contribution < -0.4 is 0 Å². The largest absolute Gasteiger partial charge is 0.271 e. The van der Waals surface area contributed by atoms with E-state index in [-0.39, 0.29) is 0 Å². The first-order valence-corrected chi connectivity index (χ1v) is 6.15. The Bertz CT molecular complexity index is 317. The molecule has 1 aromatic rings. The molecule has 2 nitrogen and oxygen atoms in total. The minimum Gasteiger partial charge on any atom is -0.271 e. The third-order valence-electron chi connectivity index (χ3n) is 3.25. The summed E-state index contributed by atoms with van der Waals surface area (Å²) in [5, 5.41) is 4.57. The molecule has 1 aromatic heterocycles. The van der Waals surface area contributed by atoms with Gasteiger partial charge in [0.15, 0.2) is 0 Å². The van der Waals surface area contributed by atoms with Gasteiger partial charge < -0.3 is 0 Å². The van der Waals surface area contributed by atoms with E-state index in [0.29, 0.717) is 17.2 Å². The van der Waals surface area contributed by atoms with E-state index in [1.807, 2.05) is 17.9 Å². The second-order valence-corrected chi connectivity index (χ2v) is 5.48. The standard InChI is InChI=1S/C10H14BrClN2/c1-6-7(3-4-9(6)12)10-8(11)5-13-14(10)2/h5-7,9H,3-4H2,1-2H3. The lowest BCUT2D eigenvalue weighted by Gasteiger charge is -2.17. The summed E-state index contributed by atoms with van der Waals surface area (Å²) in [5.41, 5.74) is 1.29. The van der Waals surface area contributed by atoms with Gasteiger partial charge in [0.1, 0.15) is 0 Å². The Balaban J connectivity index is 2.32. The van der Waals surface area contributed by atoms with Gasteiger partial charge in [0, 0.05) is 18.3 Å². The number of rotatable bonds is 1. The van der Waals surface area contributed by atoms with Crippen molar-refractivity contribution in [1.82, 2.24) is 9.78 Å². The van der Waals surface area contributed by atoms with Crippen molar-refractivity contribution < 1.29 is 0 Å². The molecule has 4 heteroatoms. The fraction of sp³-hybridized carbons (Fsp3) is 0.700. The summed E-state index contributed by atoms with van der Waals surface area (Å²) >= 11 is 9.78. The molecule has 3 unspecified atom stereocenters. The van der Waals surface area contributed by atoms with Gasteiger partial charge in [-0.2, -0.15) is 5.10 Å². The highest BCUT2D eigenvalue weighted by Crippen LogP contribution is 2.43. The van der Waals surface area contributed by atoms with E-state index in [0.717, 1.165) is 10.9 Å². The number of hydrogen-bond donors (Lipinski definition) is 0. The van der Waals surface area contributed by atoms with Crippen LogP contribution in [0.5, 0.6) is 0 Å². The van der Waals surface area contributed by atoms with Gasteiger partial charge in [-0.15, -0.1) is 11.6 Å². The summed E-state index contributed by atoms with van der Waals surface area (Å²) in [6.45, 7) is 2.23. The molecular weight excluding hydrogens is 263 g/mol. The molecule has 0 spiro atoms. The molecule has 1 saturated carbocycles. The Morgan fingerprint density at radius 1 is 1.57 bits per heavy atom. The van der Waals surface area contributed by atoms with Crippen molar-refractivity contribution in [1.29, 1.82) is 0 Å². The predicted molar refractivity (Wildman–Crippen MR) is 61.7 cm³/mol. The van der Waals surface area contributed by atoms with Gasteiger partial charge >= 0.3 is 0 Å². The second-order valence-electron chi connectivity index (χ2n) is 4.06. The van der Waals surface area contributed by atoms with Crippen LogP contribution in [0.2, 0.25) is 0 Å². The Morgan fingerprint density at radius 3 is 2.71 bits per heavy atom. The number of halogens is 2. The molecule has 2 rings (SSSR count). The van der Waals surface area contributed by atoms with Crippen LogP contribution in [0.25, 0.3) is 0 Å². The molecule has 0 saturated heterocycles. The minimum atomic E-state index is 0.321. The van der Waals surface area contributed by atoms with Gasteiger partial charge in [0.2, 0.25) is 0 Å². The van der Waals surface area contributed by atoms with Crippen LogP contribution >= 0.6 is 27.5 Å². The quantitative estimate of drug-likeness (QED) is 0.720. The number of nitrogens with zero attached hydrogens (tertiary/aromatic N) is 2. The van der Waals surface area contributed by atoms with Crippen LogP contribution in [0.1, 0.15) is 31.4 Å². The second kappa shape index (κ2) is 3.86. The number of hydrogen-bond acceptors (Lipinski definition) is 1. The van der Waals surface area contributed by atoms with Crippen LogP contribution in [-0.4, -0.2) is 15.2 Å². The molecule has 0 N–H and O–H groups in total. The van der Waals surface area contributed by atoms with Crippen molar-refractivity contribution in [3.05, 3.63) is 16.4 Å². The minimum absolute atomic E-state index is 0.321. The molecule has 1 heterocycles. The third-order valence-corrected chi connectivity index (χ3v) is 4.47. The zero-order valence-electron chi connectivity index (χ0n) is 8.37. The highest BCUT2D eigenvalue weighted by molar-refractivity contribution is 9.10. The molecule has 0 aromatic carbocycles. The van der Waals surface area contributed by atoms with Gasteiger partial charge in [-0.1, -0.05) is 6.92 Å². The maximum atomic E-state index is 6.23. The van der Waals surface area contributed by atoms with Crippen molar-refractivity contribution in [3.63, 3.8) is 0 Å². The van der Waals surface area contributed by atoms with Crippen LogP contribution in [0, 0.1) is 5.92 Å². The summed E-state index contributed by atoms with van der Waals surface area (Å²) in [4.78, 5) is 0. The first-order chi connectivity index (χ1) is 6.61. The maximum absolute atomic E-state index is 6.23. The summed E-state index contributed by atoms with van der Waals surface area (Å²) in [5.74, 6) is 1.10. The summed E-state index contributed by atoms with van der Waals surface area (Å²) in [6.07, 6.45) is 4.15. The Hall–Kier alpha value is -0.0200. The van der Waals surface area contributed by atoms with Crippen LogP contribution in [0.15, 0.2) is 10.7 Å². The molecular formula is C10H14BrClN2. The number of aromatic nitrogens is 2. The Morgan fingerprint density at radius 2 is 2.29 bits per heavy atom. The van der Waals surface area contributed by atoms with E-state index >= 15 is 0 Å². The van der Waals surface area contributed by atoms with E-state index in [1.165, 1.54) is 12.1 Å². The molecule has 0 radical (unpaired) electrons. The van der Waals surface area contributed by atoms with Crippen LogP contribution in [0.4, 0.5) is 0 Å². The SMILES string of the molecule is CC1C(Cl)CCC1c1c(Br)cnn1C. The first-order valence-electron chi connectivity index (χ1n) is 4.92. The van der Waals surface area contributed by atoms with Crippen molar-refractivity contribution in [3.8, 4) is 0 Å². The molecule has 14 heavy (non-hydrogen) atoms. The van der Waals surface area contributed by atoms with Crippen molar-refractivity contribution >= 4 is 27.5 Å². The molecule has 0 aliphatic heterocycles. The van der Waals surface area contributed by atoms with Crippen LogP contribution in [0.3, 0.4) is 0 Å². The molecule has 78 valence electrons. The molecule has 1 fully saturated rings. The summed E-state index contributed by atoms with van der Waals surface area (Å²) < 4.78 is 3.07. The highest BCUT2D eigenvalue weighted by atomic mass is 79.9. The van der Waals surface area contributed by atoms with Gasteiger partial charge in [0.25, 0.3) is 0 Å². The van der Waals surface area contributed by atoms with Crippen molar-refractivity contribution in [2.45, 2.75) is 31.1 Å². The lowest BCUT2D eigenvalue weighted by Crippen LogP contribution is -2.13. The number of alkyl halides is 1. The van der Waals surface area contributed by atoms with Gasteiger partial charge in [-0.05, 0) is 34.7 Å². The topological polar surface area (TPSA) is 17.8 Å². The molecule has 0 amide bonds. The van der Waals surface area contributed by atoms with E-state index in [1.54, 1.807) is 0 Å². The zero-order chi connectivity index (χ0) is 10.3. The fourth-order valence-corrected chi connectivity index (χ4v) is 3.28. The van der Waals surface area contributed by atoms with Crippen LogP contribution in [-0.2, 0) is 7.05 Å². The van der Waals surface area contributed by atoms with Gasteiger partial charge in [-0.25, -0.2) is 0 Å². The summed E-state index contributed by atoms with van der Waals surface area (Å²) in [6, 6.07) is 0. The van der Waals surface area contributed by atoms with Gasteiger partial charge in [-0.3, -0.25) is 4.68 Å². The lowest BCUT2D eigenvalue weighted by atomic mass is 9.94. The number of aryl methyl sites for hydroxylation is 1. The smallest absolute Gasteiger partial charge is 0.0635 e. The zero-order valence-corrected chi connectivity index (χ0v) is 10.7. The normalized spacial score (nSPS) is 32.4. The van der Waals surface area contributed by atoms with E-state index in [9.17, 15) is 0 Å². The van der Waals surface area contributed by atoms with Crippen molar-refractivity contribution in [2.75, 3.05) is 0 Å². The molecule has 3 atom stereocenters. The van der Waals surface area contributed by atoms with Gasteiger partial charge in [0.05, 0.1) is 16.4 Å². The molecule has 1 aliphatic rings. The predicted octanol–water partition coefficient (Wildman–Crippen LogP) is 3.30. The van der Waals surface area contributed by atoms with E-state index in [2.05, 4.69) is 28.0 Å². The maximum Gasteiger partial charge on any atom is 0.0635 e. The first kappa shape index (κ1) is 10.5. The monoisotopic (exact) mass is 276 g/mol. The summed E-state index contributed by atoms with van der Waals surface area (Å²) in [7, 11) is 1.99. The third kappa shape index (κ3) is 1.61. The average molecular weight is 278 g/mol. The fourth-order valence-electron chi connectivity index (χ4n) is 2.34. The molecule has 0 bridgehead atoms. The Kier molecular flexibility index (Phi) is 2.89. The van der Waals surface area contributed by atoms with E-state index in [4.69, 9.17) is 11.6 Å².